The number of amides is 1. The fraction of sp³-hybridized carbons (Fsp3) is 0.800. The number of carbonyl (C=O) groups excluding carboxylic acids is 2. The summed E-state index contributed by atoms with van der Waals surface area (Å²) in [7, 11) is 0. The molecular weight excluding hydrogens is 180 g/mol. The first-order chi connectivity index (χ1) is 6.54. The van der Waals surface area contributed by atoms with Crippen LogP contribution in [0, 0.1) is 11.8 Å². The Morgan fingerprint density at radius 3 is 2.43 bits per heavy atom. The Hall–Kier alpha value is -0.900. The maximum atomic E-state index is 11.9. The summed E-state index contributed by atoms with van der Waals surface area (Å²) < 4.78 is 0. The van der Waals surface area contributed by atoms with Crippen molar-refractivity contribution in [2.45, 2.75) is 32.7 Å². The first kappa shape index (κ1) is 11.2. The van der Waals surface area contributed by atoms with E-state index in [9.17, 15) is 9.59 Å². The number of rotatable bonds is 4. The third kappa shape index (κ3) is 2.32. The summed E-state index contributed by atoms with van der Waals surface area (Å²) in [6.45, 7) is 4.56. The van der Waals surface area contributed by atoms with Gasteiger partial charge >= 0.3 is 0 Å². The SMILES string of the molecule is CC(C)C(C(N)=O)C(=O)[C@@H]1CCCN1. The smallest absolute Gasteiger partial charge is 0.228 e. The molecule has 0 aromatic carbocycles. The molecule has 0 radical (unpaired) electrons. The zero-order valence-corrected chi connectivity index (χ0v) is 8.75. The molecule has 4 heteroatoms. The molecule has 1 amide bonds. The molecule has 0 spiro atoms. The van der Waals surface area contributed by atoms with Crippen molar-refractivity contribution >= 4 is 11.7 Å². The predicted octanol–water partition coefficient (Wildman–Crippen LogP) is 0.0650. The standard InChI is InChI=1S/C10H18N2O2/c1-6(2)8(10(11)14)9(13)7-4-3-5-12-7/h6-8,12H,3-5H2,1-2H3,(H2,11,14)/t7-,8?/m0/s1. The van der Waals surface area contributed by atoms with Crippen molar-refractivity contribution in [1.82, 2.24) is 5.32 Å². The van der Waals surface area contributed by atoms with Crippen molar-refractivity contribution in [3.63, 3.8) is 0 Å². The highest BCUT2D eigenvalue weighted by Crippen LogP contribution is 2.17. The van der Waals surface area contributed by atoms with Gasteiger partial charge in [0.25, 0.3) is 0 Å². The van der Waals surface area contributed by atoms with Crippen LogP contribution < -0.4 is 11.1 Å². The Labute approximate surface area is 84.2 Å². The molecule has 2 atom stereocenters. The van der Waals surface area contributed by atoms with Gasteiger partial charge in [0.2, 0.25) is 5.91 Å². The van der Waals surface area contributed by atoms with Crippen LogP contribution in [0.2, 0.25) is 0 Å². The van der Waals surface area contributed by atoms with Crippen molar-refractivity contribution in [2.24, 2.45) is 17.6 Å². The third-order valence-corrected chi connectivity index (χ3v) is 2.68. The van der Waals surface area contributed by atoms with Gasteiger partial charge in [0.05, 0.1) is 6.04 Å². The van der Waals surface area contributed by atoms with E-state index in [1.54, 1.807) is 0 Å². The van der Waals surface area contributed by atoms with E-state index < -0.39 is 11.8 Å². The van der Waals surface area contributed by atoms with Crippen LogP contribution in [-0.2, 0) is 9.59 Å². The molecule has 1 rings (SSSR count). The number of hydrogen-bond donors (Lipinski definition) is 2. The van der Waals surface area contributed by atoms with Crippen LogP contribution in [0.1, 0.15) is 26.7 Å². The predicted molar refractivity (Wildman–Crippen MR) is 53.6 cm³/mol. The normalized spacial score (nSPS) is 23.8. The molecule has 1 aliphatic rings. The lowest BCUT2D eigenvalue weighted by molar-refractivity contribution is -0.135. The maximum absolute atomic E-state index is 11.9. The van der Waals surface area contributed by atoms with E-state index in [1.807, 2.05) is 13.8 Å². The summed E-state index contributed by atoms with van der Waals surface area (Å²) in [5.41, 5.74) is 5.22. The molecule has 1 unspecified atom stereocenters. The zero-order valence-electron chi connectivity index (χ0n) is 8.75. The van der Waals surface area contributed by atoms with Crippen molar-refractivity contribution < 1.29 is 9.59 Å². The third-order valence-electron chi connectivity index (χ3n) is 2.68. The Balaban J connectivity index is 2.67. The van der Waals surface area contributed by atoms with Crippen LogP contribution in [-0.4, -0.2) is 24.3 Å². The molecule has 0 aliphatic carbocycles. The Bertz CT molecular complexity index is 232. The van der Waals surface area contributed by atoms with E-state index in [-0.39, 0.29) is 17.7 Å². The van der Waals surface area contributed by atoms with Crippen molar-refractivity contribution in [2.75, 3.05) is 6.54 Å². The molecular formula is C10H18N2O2. The van der Waals surface area contributed by atoms with Gasteiger partial charge in [-0.25, -0.2) is 0 Å². The molecule has 0 saturated carbocycles. The minimum atomic E-state index is -0.634. The summed E-state index contributed by atoms with van der Waals surface area (Å²) in [6.07, 6.45) is 1.83. The van der Waals surface area contributed by atoms with Crippen molar-refractivity contribution in [1.29, 1.82) is 0 Å². The highest BCUT2D eigenvalue weighted by molar-refractivity contribution is 6.03. The maximum Gasteiger partial charge on any atom is 0.228 e. The van der Waals surface area contributed by atoms with E-state index in [1.165, 1.54) is 0 Å². The number of nitrogens with one attached hydrogen (secondary N) is 1. The lowest BCUT2D eigenvalue weighted by Gasteiger charge is -2.19. The van der Waals surface area contributed by atoms with Gasteiger partial charge in [-0.2, -0.15) is 0 Å². The zero-order chi connectivity index (χ0) is 10.7. The molecule has 0 bridgehead atoms. The first-order valence-electron chi connectivity index (χ1n) is 5.10. The fourth-order valence-corrected chi connectivity index (χ4v) is 1.94. The number of nitrogens with two attached hydrogens (primary N) is 1. The average Bonchev–Trinajstić information content (AvgIpc) is 2.53. The molecule has 4 nitrogen and oxygen atoms in total. The Morgan fingerprint density at radius 1 is 1.43 bits per heavy atom. The molecule has 1 fully saturated rings. The lowest BCUT2D eigenvalue weighted by Crippen LogP contribution is -2.43. The van der Waals surface area contributed by atoms with Gasteiger partial charge in [0, 0.05) is 0 Å². The molecule has 80 valence electrons. The number of Topliss-reactive ketones (excluding diaryl/α,β-unsaturated/α-hetero) is 1. The Morgan fingerprint density at radius 2 is 2.07 bits per heavy atom. The summed E-state index contributed by atoms with van der Waals surface area (Å²) in [6, 6.07) is -0.158. The molecule has 0 aromatic heterocycles. The minimum absolute atomic E-state index is 0.0117. The second-order valence-corrected chi connectivity index (χ2v) is 4.18. The second kappa shape index (κ2) is 4.55. The molecule has 14 heavy (non-hydrogen) atoms. The molecule has 3 N–H and O–H groups in total. The lowest BCUT2D eigenvalue weighted by atomic mass is 9.87. The van der Waals surface area contributed by atoms with Gasteiger partial charge in [-0.15, -0.1) is 0 Å². The topological polar surface area (TPSA) is 72.2 Å². The largest absolute Gasteiger partial charge is 0.369 e. The van der Waals surface area contributed by atoms with Crippen LogP contribution in [0.15, 0.2) is 0 Å². The van der Waals surface area contributed by atoms with Gasteiger partial charge in [-0.3, -0.25) is 9.59 Å². The van der Waals surface area contributed by atoms with Gasteiger partial charge in [-0.1, -0.05) is 13.8 Å². The first-order valence-corrected chi connectivity index (χ1v) is 5.10. The van der Waals surface area contributed by atoms with E-state index in [2.05, 4.69) is 5.32 Å². The fourth-order valence-electron chi connectivity index (χ4n) is 1.94. The molecule has 1 heterocycles. The highest BCUT2D eigenvalue weighted by atomic mass is 16.2. The van der Waals surface area contributed by atoms with Crippen LogP contribution in [0.4, 0.5) is 0 Å². The highest BCUT2D eigenvalue weighted by Gasteiger charge is 2.34. The average molecular weight is 198 g/mol. The van der Waals surface area contributed by atoms with Crippen molar-refractivity contribution in [3.05, 3.63) is 0 Å². The van der Waals surface area contributed by atoms with Crippen LogP contribution >= 0.6 is 0 Å². The van der Waals surface area contributed by atoms with Gasteiger partial charge < -0.3 is 11.1 Å². The van der Waals surface area contributed by atoms with Crippen LogP contribution in [0.5, 0.6) is 0 Å². The van der Waals surface area contributed by atoms with E-state index in [0.29, 0.717) is 0 Å². The van der Waals surface area contributed by atoms with Gasteiger partial charge in [-0.05, 0) is 25.3 Å². The second-order valence-electron chi connectivity index (χ2n) is 4.18. The summed E-state index contributed by atoms with van der Waals surface area (Å²) in [4.78, 5) is 23.0. The van der Waals surface area contributed by atoms with Crippen LogP contribution in [0.3, 0.4) is 0 Å². The number of hydrogen-bond acceptors (Lipinski definition) is 3. The van der Waals surface area contributed by atoms with E-state index in [4.69, 9.17) is 5.73 Å². The van der Waals surface area contributed by atoms with Gasteiger partial charge in [0.1, 0.15) is 5.92 Å². The minimum Gasteiger partial charge on any atom is -0.369 e. The number of carbonyl (C=O) groups is 2. The summed E-state index contributed by atoms with van der Waals surface area (Å²) in [5.74, 6) is -1.18. The van der Waals surface area contributed by atoms with E-state index in [0.717, 1.165) is 19.4 Å². The monoisotopic (exact) mass is 198 g/mol. The summed E-state index contributed by atoms with van der Waals surface area (Å²) in [5, 5.41) is 3.09. The van der Waals surface area contributed by atoms with Crippen molar-refractivity contribution in [3.8, 4) is 0 Å². The number of ketones is 1. The van der Waals surface area contributed by atoms with Crippen LogP contribution in [0.25, 0.3) is 0 Å². The molecule has 1 aliphatic heterocycles. The molecule has 1 saturated heterocycles. The van der Waals surface area contributed by atoms with Gasteiger partial charge in [0.15, 0.2) is 5.78 Å². The summed E-state index contributed by atoms with van der Waals surface area (Å²) >= 11 is 0. The quantitative estimate of drug-likeness (QED) is 0.628. The Kier molecular flexibility index (Phi) is 3.63. The van der Waals surface area contributed by atoms with E-state index >= 15 is 0 Å². The molecule has 0 aromatic rings. The number of primary amides is 1.